The van der Waals surface area contributed by atoms with Crippen LogP contribution in [0.5, 0.6) is 0 Å². The third-order valence-electron chi connectivity index (χ3n) is 8.19. The van der Waals surface area contributed by atoms with Crippen LogP contribution in [0.4, 0.5) is 0 Å². The summed E-state index contributed by atoms with van der Waals surface area (Å²) in [6.07, 6.45) is 12.8. The quantitative estimate of drug-likeness (QED) is 0.733. The van der Waals surface area contributed by atoms with Gasteiger partial charge in [0.25, 0.3) is 0 Å². The number of fused-ring (bicyclic) bond motifs is 4. The summed E-state index contributed by atoms with van der Waals surface area (Å²) in [5.74, 6) is 2.18. The van der Waals surface area contributed by atoms with Crippen molar-refractivity contribution in [3.8, 4) is 0 Å². The predicted octanol–water partition coefficient (Wildman–Crippen LogP) is 4.05. The van der Waals surface area contributed by atoms with Crippen LogP contribution in [0.1, 0.15) is 59.3 Å². The van der Waals surface area contributed by atoms with Crippen molar-refractivity contribution in [2.75, 3.05) is 0 Å². The number of hydrogen-bond acceptors (Lipinski definition) is 2. The van der Waals surface area contributed by atoms with Crippen LogP contribution in [-0.2, 0) is 4.79 Å². The maximum Gasteiger partial charge on any atom is 0.178 e. The van der Waals surface area contributed by atoms with Gasteiger partial charge in [0.15, 0.2) is 5.78 Å². The van der Waals surface area contributed by atoms with Gasteiger partial charge in [0.2, 0.25) is 0 Å². The number of carbonyl (C=O) groups is 1. The summed E-state index contributed by atoms with van der Waals surface area (Å²) in [5.41, 5.74) is 1.00. The number of carbonyl (C=O) groups excluding carboxylic acids is 1. The Hall–Kier alpha value is -0.890. The van der Waals surface area contributed by atoms with Crippen molar-refractivity contribution in [2.24, 2.45) is 28.6 Å². The molecular formula is C20H28O2. The number of ketones is 1. The second-order valence-electron chi connectivity index (χ2n) is 8.79. The molecule has 0 radical (unpaired) electrons. The van der Waals surface area contributed by atoms with Crippen molar-refractivity contribution < 1.29 is 9.90 Å². The van der Waals surface area contributed by atoms with Gasteiger partial charge in [-0.1, -0.05) is 18.6 Å². The second kappa shape index (κ2) is 4.35. The first kappa shape index (κ1) is 14.7. The predicted molar refractivity (Wildman–Crippen MR) is 87.2 cm³/mol. The van der Waals surface area contributed by atoms with Crippen LogP contribution in [-0.4, -0.2) is 16.5 Å². The van der Waals surface area contributed by atoms with Gasteiger partial charge < -0.3 is 5.11 Å². The molecule has 6 atom stereocenters. The molecule has 0 aliphatic heterocycles. The van der Waals surface area contributed by atoms with Crippen LogP contribution in [0.15, 0.2) is 23.8 Å². The number of allylic oxidation sites excluding steroid dienone is 4. The van der Waals surface area contributed by atoms with Gasteiger partial charge in [-0.2, -0.15) is 0 Å². The van der Waals surface area contributed by atoms with E-state index in [2.05, 4.69) is 26.8 Å². The lowest BCUT2D eigenvalue weighted by molar-refractivity contribution is -0.110. The van der Waals surface area contributed by atoms with Gasteiger partial charge in [-0.3, -0.25) is 4.79 Å². The molecule has 3 fully saturated rings. The second-order valence-corrected chi connectivity index (χ2v) is 8.79. The maximum absolute atomic E-state index is 11.7. The van der Waals surface area contributed by atoms with Crippen LogP contribution in [0.3, 0.4) is 0 Å². The topological polar surface area (TPSA) is 37.3 Å². The van der Waals surface area contributed by atoms with E-state index in [0.717, 1.165) is 12.8 Å². The minimum Gasteiger partial charge on any atom is -0.390 e. The summed E-state index contributed by atoms with van der Waals surface area (Å²) in [5, 5.41) is 10.9. The van der Waals surface area contributed by atoms with Gasteiger partial charge in [-0.25, -0.2) is 0 Å². The Morgan fingerprint density at radius 2 is 1.82 bits per heavy atom. The van der Waals surface area contributed by atoms with Gasteiger partial charge >= 0.3 is 0 Å². The number of hydrogen-bond donors (Lipinski definition) is 1. The zero-order valence-electron chi connectivity index (χ0n) is 14.1. The van der Waals surface area contributed by atoms with E-state index < -0.39 is 5.60 Å². The fourth-order valence-electron chi connectivity index (χ4n) is 6.62. The lowest BCUT2D eigenvalue weighted by Gasteiger charge is -2.52. The van der Waals surface area contributed by atoms with Crippen LogP contribution >= 0.6 is 0 Å². The van der Waals surface area contributed by atoms with Gasteiger partial charge in [-0.15, -0.1) is 0 Å². The summed E-state index contributed by atoms with van der Waals surface area (Å²) in [6.45, 7) is 6.54. The van der Waals surface area contributed by atoms with E-state index in [0.29, 0.717) is 17.8 Å². The molecule has 22 heavy (non-hydrogen) atoms. The largest absolute Gasteiger partial charge is 0.390 e. The highest BCUT2D eigenvalue weighted by Crippen LogP contribution is 2.68. The van der Waals surface area contributed by atoms with E-state index in [4.69, 9.17) is 0 Å². The average Bonchev–Trinajstić information content (AvgIpc) is 2.92. The van der Waals surface area contributed by atoms with Crippen molar-refractivity contribution in [2.45, 2.75) is 64.9 Å². The summed E-state index contributed by atoms with van der Waals surface area (Å²) >= 11 is 0. The normalized spacial score (nSPS) is 53.5. The SMILES string of the molecule is CC1=CC(=O)C=C[C@]12CC[C@H]1[C@H]2CC[C@]2(C)[C@@H]1CC[C@]2(C)O. The van der Waals surface area contributed by atoms with Crippen LogP contribution < -0.4 is 0 Å². The molecule has 120 valence electrons. The Kier molecular flexibility index (Phi) is 2.90. The molecule has 0 aromatic heterocycles. The molecule has 1 N–H and O–H groups in total. The van der Waals surface area contributed by atoms with E-state index in [9.17, 15) is 9.90 Å². The Morgan fingerprint density at radius 3 is 2.55 bits per heavy atom. The molecule has 0 bridgehead atoms. The fourth-order valence-corrected chi connectivity index (χ4v) is 6.62. The summed E-state index contributed by atoms with van der Waals surface area (Å²) < 4.78 is 0. The highest BCUT2D eigenvalue weighted by Gasteiger charge is 2.63. The van der Waals surface area contributed by atoms with E-state index in [1.165, 1.54) is 31.3 Å². The zero-order chi connectivity index (χ0) is 15.8. The van der Waals surface area contributed by atoms with Crippen molar-refractivity contribution in [1.82, 2.24) is 0 Å². The average molecular weight is 300 g/mol. The molecule has 0 unspecified atom stereocenters. The summed E-state index contributed by atoms with van der Waals surface area (Å²) in [6, 6.07) is 0. The van der Waals surface area contributed by atoms with Crippen LogP contribution in [0.25, 0.3) is 0 Å². The standard InChI is InChI=1S/C20H28O2/c1-13-12-14(21)4-10-20(13)11-5-15-16-7-9-19(3,22)18(16,2)8-6-17(15)20/h4,10,12,15-17,22H,5-9,11H2,1-3H3/t15-,16-,17-,18-,19+,20+/m1/s1. The van der Waals surface area contributed by atoms with E-state index >= 15 is 0 Å². The molecule has 4 rings (SSSR count). The Morgan fingerprint density at radius 1 is 1.09 bits per heavy atom. The molecule has 0 amide bonds. The first-order valence-corrected chi connectivity index (χ1v) is 8.95. The highest BCUT2D eigenvalue weighted by atomic mass is 16.3. The lowest BCUT2D eigenvalue weighted by Crippen LogP contribution is -2.49. The summed E-state index contributed by atoms with van der Waals surface area (Å²) in [7, 11) is 0. The van der Waals surface area contributed by atoms with Crippen molar-refractivity contribution in [1.29, 1.82) is 0 Å². The monoisotopic (exact) mass is 300 g/mol. The molecule has 1 spiro atoms. The zero-order valence-corrected chi connectivity index (χ0v) is 14.1. The van der Waals surface area contributed by atoms with Gasteiger partial charge in [0, 0.05) is 5.41 Å². The minimum atomic E-state index is -0.498. The number of aliphatic hydroxyl groups is 1. The molecule has 2 nitrogen and oxygen atoms in total. The number of rotatable bonds is 0. The molecule has 4 aliphatic carbocycles. The van der Waals surface area contributed by atoms with E-state index in [1.54, 1.807) is 6.08 Å². The molecule has 4 aliphatic rings. The highest BCUT2D eigenvalue weighted by molar-refractivity contribution is 6.01. The minimum absolute atomic E-state index is 0.0888. The van der Waals surface area contributed by atoms with Crippen LogP contribution in [0, 0.1) is 28.6 Å². The molecule has 0 saturated heterocycles. The third kappa shape index (κ3) is 1.62. The van der Waals surface area contributed by atoms with Crippen molar-refractivity contribution in [3.05, 3.63) is 23.8 Å². The third-order valence-corrected chi connectivity index (χ3v) is 8.19. The van der Waals surface area contributed by atoms with Gasteiger partial charge in [-0.05, 0) is 87.7 Å². The molecule has 0 aromatic carbocycles. The van der Waals surface area contributed by atoms with Gasteiger partial charge in [0.1, 0.15) is 0 Å². The van der Waals surface area contributed by atoms with E-state index in [1.807, 2.05) is 6.08 Å². The lowest BCUT2D eigenvalue weighted by atomic mass is 9.54. The van der Waals surface area contributed by atoms with Crippen molar-refractivity contribution >= 4 is 5.78 Å². The molecule has 0 aromatic rings. The Bertz CT molecular complexity index is 585. The fraction of sp³-hybridized carbons (Fsp3) is 0.750. The first-order valence-electron chi connectivity index (χ1n) is 8.95. The molecular weight excluding hydrogens is 272 g/mol. The molecule has 3 saturated carbocycles. The Labute approximate surface area is 133 Å². The van der Waals surface area contributed by atoms with E-state index in [-0.39, 0.29) is 16.6 Å². The van der Waals surface area contributed by atoms with Crippen molar-refractivity contribution in [3.63, 3.8) is 0 Å². The summed E-state index contributed by atoms with van der Waals surface area (Å²) in [4.78, 5) is 11.7. The molecule has 2 heteroatoms. The maximum atomic E-state index is 11.7. The van der Waals surface area contributed by atoms with Gasteiger partial charge in [0.05, 0.1) is 5.60 Å². The smallest absolute Gasteiger partial charge is 0.178 e. The Balaban J connectivity index is 1.70. The molecule has 0 heterocycles. The first-order chi connectivity index (χ1) is 10.3. The van der Waals surface area contributed by atoms with Crippen LogP contribution in [0.2, 0.25) is 0 Å².